The first-order valence-corrected chi connectivity index (χ1v) is 8.03. The van der Waals surface area contributed by atoms with Crippen molar-refractivity contribution >= 4 is 23.0 Å². The number of oxime groups is 1. The van der Waals surface area contributed by atoms with Crippen molar-refractivity contribution in [1.82, 2.24) is 10.1 Å². The molecule has 0 fully saturated rings. The van der Waals surface area contributed by atoms with Gasteiger partial charge in [0.05, 0.1) is 23.0 Å². The summed E-state index contributed by atoms with van der Waals surface area (Å²) in [5.74, 6) is -0.517. The molecule has 2 aromatic heterocycles. The van der Waals surface area contributed by atoms with Crippen LogP contribution >= 0.6 is 11.3 Å². The average Bonchev–Trinajstić information content (AvgIpc) is 3.29. The number of alkyl halides is 3. The molecule has 0 saturated heterocycles. The lowest BCUT2D eigenvalue weighted by Crippen LogP contribution is -2.09. The first-order valence-electron chi connectivity index (χ1n) is 7.15. The molecule has 3 aromatic rings. The van der Waals surface area contributed by atoms with Gasteiger partial charge in [-0.1, -0.05) is 16.4 Å². The molecule has 1 aromatic carbocycles. The molecule has 10 heteroatoms. The van der Waals surface area contributed by atoms with E-state index in [1.807, 2.05) is 0 Å². The van der Waals surface area contributed by atoms with Gasteiger partial charge in [0, 0.05) is 11.4 Å². The molecule has 26 heavy (non-hydrogen) atoms. The van der Waals surface area contributed by atoms with E-state index in [9.17, 15) is 18.0 Å². The van der Waals surface area contributed by atoms with E-state index in [4.69, 9.17) is 9.36 Å². The van der Waals surface area contributed by atoms with Gasteiger partial charge in [0.25, 0.3) is 0 Å². The summed E-state index contributed by atoms with van der Waals surface area (Å²) < 4.78 is 43.0. The third-order valence-electron chi connectivity index (χ3n) is 3.21. The van der Waals surface area contributed by atoms with Gasteiger partial charge in [-0.25, -0.2) is 9.78 Å². The zero-order valence-electron chi connectivity index (χ0n) is 13.1. The Morgan fingerprint density at radius 2 is 2.12 bits per heavy atom. The molecule has 0 N–H and O–H groups in total. The summed E-state index contributed by atoms with van der Waals surface area (Å²) >= 11 is 1.28. The number of carbonyl (C=O) groups is 1. The summed E-state index contributed by atoms with van der Waals surface area (Å²) in [5, 5.41) is 9.46. The molecule has 0 spiro atoms. The topological polar surface area (TPSA) is 77.6 Å². The van der Waals surface area contributed by atoms with Crippen LogP contribution < -0.4 is 0 Å². The highest BCUT2D eigenvalue weighted by Gasteiger charge is 2.31. The first-order chi connectivity index (χ1) is 12.3. The molecule has 2 heterocycles. The lowest BCUT2D eigenvalue weighted by molar-refractivity contribution is -0.137. The summed E-state index contributed by atoms with van der Waals surface area (Å²) in [6.07, 6.45) is -3.07. The molecule has 0 unspecified atom stereocenters. The highest BCUT2D eigenvalue weighted by Crippen LogP contribution is 2.29. The third-order valence-corrected chi connectivity index (χ3v) is 4.07. The number of hydrogen-bond acceptors (Lipinski definition) is 7. The Balaban J connectivity index is 1.72. The quantitative estimate of drug-likeness (QED) is 0.380. The molecule has 0 radical (unpaired) electrons. The predicted molar refractivity (Wildman–Crippen MR) is 86.7 cm³/mol. The monoisotopic (exact) mass is 381 g/mol. The molecule has 0 atom stereocenters. The van der Waals surface area contributed by atoms with E-state index in [2.05, 4.69) is 15.3 Å². The van der Waals surface area contributed by atoms with Crippen LogP contribution in [-0.2, 0) is 11.0 Å². The normalized spacial score (nSPS) is 12.2. The fraction of sp³-hybridized carbons (Fsp3) is 0.125. The molecule has 134 valence electrons. The van der Waals surface area contributed by atoms with Gasteiger partial charge in [-0.2, -0.15) is 13.2 Å². The average molecular weight is 381 g/mol. The molecule has 6 nitrogen and oxygen atoms in total. The fourth-order valence-corrected chi connectivity index (χ4v) is 2.73. The van der Waals surface area contributed by atoms with E-state index in [0.717, 1.165) is 12.1 Å². The maximum Gasteiger partial charge on any atom is 0.416 e. The predicted octanol–water partition coefficient (Wildman–Crippen LogP) is 4.40. The largest absolute Gasteiger partial charge is 0.416 e. The van der Waals surface area contributed by atoms with E-state index >= 15 is 0 Å². The second-order valence-electron chi connectivity index (χ2n) is 5.05. The van der Waals surface area contributed by atoms with Gasteiger partial charge < -0.3 is 9.36 Å². The van der Waals surface area contributed by atoms with Gasteiger partial charge in [-0.3, -0.25) is 0 Å². The van der Waals surface area contributed by atoms with Crippen LogP contribution in [0.1, 0.15) is 28.5 Å². The van der Waals surface area contributed by atoms with Gasteiger partial charge in [0.15, 0.2) is 10.8 Å². The summed E-state index contributed by atoms with van der Waals surface area (Å²) in [7, 11) is 0. The molecule has 3 rings (SSSR count). The molecule has 0 aliphatic heterocycles. The van der Waals surface area contributed by atoms with Crippen LogP contribution in [0.15, 0.2) is 51.6 Å². The van der Waals surface area contributed by atoms with E-state index in [-0.39, 0.29) is 11.3 Å². The second-order valence-corrected chi connectivity index (χ2v) is 5.91. The van der Waals surface area contributed by atoms with Crippen molar-refractivity contribution < 1.29 is 27.3 Å². The number of nitrogens with zero attached hydrogens (tertiary/aromatic N) is 3. The lowest BCUT2D eigenvalue weighted by atomic mass is 10.1. The van der Waals surface area contributed by atoms with Gasteiger partial charge >= 0.3 is 12.1 Å². The van der Waals surface area contributed by atoms with Crippen molar-refractivity contribution in [2.24, 2.45) is 5.16 Å². The van der Waals surface area contributed by atoms with E-state index in [1.54, 1.807) is 18.4 Å². The second kappa shape index (κ2) is 7.08. The smallest absolute Gasteiger partial charge is 0.354 e. The van der Waals surface area contributed by atoms with E-state index < -0.39 is 17.7 Å². The van der Waals surface area contributed by atoms with Crippen LogP contribution in [0.25, 0.3) is 10.8 Å². The van der Waals surface area contributed by atoms with Crippen LogP contribution in [0.3, 0.4) is 0 Å². The highest BCUT2D eigenvalue weighted by molar-refractivity contribution is 7.13. The summed E-state index contributed by atoms with van der Waals surface area (Å²) in [5.41, 5.74) is -0.466. The van der Waals surface area contributed by atoms with E-state index in [0.29, 0.717) is 22.5 Å². The Hall–Kier alpha value is -3.01. The minimum atomic E-state index is -4.55. The van der Waals surface area contributed by atoms with Crippen molar-refractivity contribution in [1.29, 1.82) is 0 Å². The van der Waals surface area contributed by atoms with Gasteiger partial charge in [0.1, 0.15) is 5.71 Å². The Kier molecular flexibility index (Phi) is 4.85. The van der Waals surface area contributed by atoms with Gasteiger partial charge in [0.2, 0.25) is 0 Å². The lowest BCUT2D eigenvalue weighted by Gasteiger charge is -2.07. The zero-order chi connectivity index (χ0) is 18.7. The number of hydrogen-bond donors (Lipinski definition) is 0. The van der Waals surface area contributed by atoms with Crippen LogP contribution in [0.5, 0.6) is 0 Å². The highest BCUT2D eigenvalue weighted by atomic mass is 32.1. The van der Waals surface area contributed by atoms with Crippen molar-refractivity contribution in [2.75, 3.05) is 0 Å². The molecule has 0 saturated carbocycles. The molecule has 0 aliphatic rings. The summed E-state index contributed by atoms with van der Waals surface area (Å²) in [6.45, 7) is 1.55. The Labute approximate surface area is 148 Å². The van der Waals surface area contributed by atoms with Crippen LogP contribution in [-0.4, -0.2) is 21.8 Å². The molecular weight excluding hydrogens is 371 g/mol. The molecule has 0 amide bonds. The maximum atomic E-state index is 12.7. The Bertz CT molecular complexity index is 949. The number of aromatic nitrogens is 2. The number of carbonyl (C=O) groups excluding carboxylic acids is 1. The Morgan fingerprint density at radius 3 is 2.81 bits per heavy atom. The van der Waals surface area contributed by atoms with Crippen LogP contribution in [0, 0.1) is 0 Å². The third kappa shape index (κ3) is 3.97. The first kappa shape index (κ1) is 17.8. The van der Waals surface area contributed by atoms with Crippen molar-refractivity contribution in [3.63, 3.8) is 0 Å². The van der Waals surface area contributed by atoms with Crippen molar-refractivity contribution in [3.8, 4) is 10.8 Å². The SMILES string of the molecule is C/C(=N/OC(=O)c1cccc(C(F)(F)F)c1)c1csc(-c2ccno2)n1. The zero-order valence-corrected chi connectivity index (χ0v) is 14.0. The molecule has 0 bridgehead atoms. The number of rotatable bonds is 4. The van der Waals surface area contributed by atoms with Crippen LogP contribution in [0.2, 0.25) is 0 Å². The standard InChI is InChI=1S/C16H10F3N3O3S/c1-9(12-8-26-14(21-12)13-5-6-20-24-13)22-25-15(23)10-3-2-4-11(7-10)16(17,18)19/h2-8H,1H3/b22-9-. The molecular formula is C16H10F3N3O3S. The number of thiazole rings is 1. The minimum absolute atomic E-state index is 0.253. The van der Waals surface area contributed by atoms with Crippen molar-refractivity contribution in [3.05, 3.63) is 58.7 Å². The molecule has 0 aliphatic carbocycles. The fourth-order valence-electron chi connectivity index (χ4n) is 1.91. The summed E-state index contributed by atoms with van der Waals surface area (Å²) in [4.78, 5) is 20.9. The van der Waals surface area contributed by atoms with Crippen LogP contribution in [0.4, 0.5) is 13.2 Å². The number of benzene rings is 1. The summed E-state index contributed by atoms with van der Waals surface area (Å²) in [6, 6.07) is 5.56. The van der Waals surface area contributed by atoms with E-state index in [1.165, 1.54) is 23.6 Å². The minimum Gasteiger partial charge on any atom is -0.354 e. The Morgan fingerprint density at radius 1 is 1.31 bits per heavy atom. The van der Waals surface area contributed by atoms with Gasteiger partial charge in [-0.15, -0.1) is 11.3 Å². The van der Waals surface area contributed by atoms with Crippen molar-refractivity contribution in [2.45, 2.75) is 13.1 Å². The van der Waals surface area contributed by atoms with Gasteiger partial charge in [-0.05, 0) is 25.1 Å². The maximum absolute atomic E-state index is 12.7. The number of halogens is 3.